The molecule has 22 heavy (non-hydrogen) atoms. The average Bonchev–Trinajstić information content (AvgIpc) is 3.25. The number of anilines is 1. The zero-order valence-corrected chi connectivity index (χ0v) is 12.6. The normalized spacial score (nSPS) is 15.5. The summed E-state index contributed by atoms with van der Waals surface area (Å²) in [4.78, 5) is 25.6. The Morgan fingerprint density at radius 3 is 2.82 bits per heavy atom. The predicted molar refractivity (Wildman–Crippen MR) is 83.2 cm³/mol. The number of rotatable bonds is 2. The number of nitrogens with zero attached hydrogens (tertiary/aromatic N) is 6. The van der Waals surface area contributed by atoms with E-state index in [4.69, 9.17) is 0 Å². The number of hydrogen-bond donors (Lipinski definition) is 0. The van der Waals surface area contributed by atoms with E-state index >= 15 is 0 Å². The minimum atomic E-state index is 0.117. The van der Waals surface area contributed by atoms with Crippen molar-refractivity contribution in [2.45, 2.75) is 0 Å². The van der Waals surface area contributed by atoms with E-state index in [1.165, 1.54) is 17.7 Å². The average molecular weight is 314 g/mol. The molecule has 0 saturated carbocycles. The minimum Gasteiger partial charge on any atom is -0.352 e. The van der Waals surface area contributed by atoms with Crippen LogP contribution in [-0.2, 0) is 0 Å². The van der Waals surface area contributed by atoms with Crippen LogP contribution in [0.5, 0.6) is 0 Å². The van der Waals surface area contributed by atoms with Gasteiger partial charge in [0.05, 0.1) is 17.3 Å². The number of hydrogen-bond acceptors (Lipinski definition) is 6. The highest BCUT2D eigenvalue weighted by Gasteiger charge is 2.24. The molecule has 1 saturated heterocycles. The molecule has 0 atom stereocenters. The van der Waals surface area contributed by atoms with E-state index in [1.54, 1.807) is 16.9 Å². The number of carbonyl (C=O) groups excluding carboxylic acids is 1. The highest BCUT2D eigenvalue weighted by atomic mass is 32.1. The predicted octanol–water partition coefficient (Wildman–Crippen LogP) is 1.15. The Balaban J connectivity index is 1.50. The van der Waals surface area contributed by atoms with Crippen molar-refractivity contribution >= 4 is 28.7 Å². The summed E-state index contributed by atoms with van der Waals surface area (Å²) in [6, 6.07) is 3.78. The van der Waals surface area contributed by atoms with Crippen molar-refractivity contribution in [1.82, 2.24) is 24.5 Å². The molecule has 3 aromatic heterocycles. The molecule has 0 aromatic carbocycles. The van der Waals surface area contributed by atoms with Gasteiger partial charge in [0, 0.05) is 26.2 Å². The summed E-state index contributed by atoms with van der Waals surface area (Å²) >= 11 is 1.49. The standard InChI is InChI=1S/C14H14N6OS/c21-14(11-2-1-7-22-11)19-5-3-18(4-6-19)13-9-15-8-12-16-10-17-20(12)13/h1-2,7-10H,3-6H2. The first-order valence-electron chi connectivity index (χ1n) is 7.04. The largest absolute Gasteiger partial charge is 0.352 e. The third-order valence-corrected chi connectivity index (χ3v) is 4.65. The van der Waals surface area contributed by atoms with E-state index in [1.807, 2.05) is 22.4 Å². The monoisotopic (exact) mass is 314 g/mol. The fourth-order valence-electron chi connectivity index (χ4n) is 2.65. The van der Waals surface area contributed by atoms with Gasteiger partial charge >= 0.3 is 0 Å². The topological polar surface area (TPSA) is 66.6 Å². The molecular formula is C14H14N6OS. The van der Waals surface area contributed by atoms with Gasteiger partial charge in [0.15, 0.2) is 11.5 Å². The van der Waals surface area contributed by atoms with Gasteiger partial charge in [-0.1, -0.05) is 6.07 Å². The van der Waals surface area contributed by atoms with Crippen molar-refractivity contribution in [1.29, 1.82) is 0 Å². The molecule has 3 aromatic rings. The van der Waals surface area contributed by atoms with Crippen LogP contribution in [0, 0.1) is 0 Å². The quantitative estimate of drug-likeness (QED) is 0.710. The van der Waals surface area contributed by atoms with E-state index in [0.29, 0.717) is 13.1 Å². The third kappa shape index (κ3) is 2.21. The molecular weight excluding hydrogens is 300 g/mol. The second kappa shape index (κ2) is 5.38. The lowest BCUT2D eigenvalue weighted by Gasteiger charge is -2.35. The molecule has 112 valence electrons. The first-order valence-corrected chi connectivity index (χ1v) is 7.92. The first kappa shape index (κ1) is 13.2. The van der Waals surface area contributed by atoms with Crippen LogP contribution in [0.15, 0.2) is 36.2 Å². The Morgan fingerprint density at radius 1 is 1.18 bits per heavy atom. The smallest absolute Gasteiger partial charge is 0.264 e. The lowest BCUT2D eigenvalue weighted by Crippen LogP contribution is -2.49. The van der Waals surface area contributed by atoms with Crippen LogP contribution in [-0.4, -0.2) is 56.6 Å². The van der Waals surface area contributed by atoms with Crippen molar-refractivity contribution in [2.75, 3.05) is 31.1 Å². The van der Waals surface area contributed by atoms with Crippen LogP contribution in [0.4, 0.5) is 5.82 Å². The summed E-state index contributed by atoms with van der Waals surface area (Å²) < 4.78 is 1.78. The molecule has 1 aliphatic heterocycles. The molecule has 0 bridgehead atoms. The number of fused-ring (bicyclic) bond motifs is 1. The summed E-state index contributed by atoms with van der Waals surface area (Å²) in [5.41, 5.74) is 0.731. The maximum atomic E-state index is 12.4. The molecule has 7 nitrogen and oxygen atoms in total. The van der Waals surface area contributed by atoms with Gasteiger partial charge in [0.2, 0.25) is 0 Å². The fourth-order valence-corrected chi connectivity index (χ4v) is 3.34. The summed E-state index contributed by atoms with van der Waals surface area (Å²) in [6.45, 7) is 2.92. The molecule has 1 fully saturated rings. The zero-order valence-electron chi connectivity index (χ0n) is 11.8. The van der Waals surface area contributed by atoms with Crippen molar-refractivity contribution in [3.63, 3.8) is 0 Å². The maximum absolute atomic E-state index is 12.4. The van der Waals surface area contributed by atoms with E-state index in [-0.39, 0.29) is 5.91 Å². The molecule has 4 rings (SSSR count). The molecule has 0 radical (unpaired) electrons. The van der Waals surface area contributed by atoms with Crippen LogP contribution in [0.25, 0.3) is 5.65 Å². The molecule has 0 spiro atoms. The molecule has 4 heterocycles. The molecule has 0 aliphatic carbocycles. The minimum absolute atomic E-state index is 0.117. The first-order chi connectivity index (χ1) is 10.8. The summed E-state index contributed by atoms with van der Waals surface area (Å²) in [6.07, 6.45) is 5.00. The third-order valence-electron chi connectivity index (χ3n) is 3.79. The number of piperazine rings is 1. The van der Waals surface area contributed by atoms with Gasteiger partial charge in [-0.05, 0) is 11.4 Å². The van der Waals surface area contributed by atoms with E-state index in [0.717, 1.165) is 29.4 Å². The lowest BCUT2D eigenvalue weighted by atomic mass is 10.3. The molecule has 0 N–H and O–H groups in total. The Hall–Kier alpha value is -2.48. The molecule has 0 unspecified atom stereocenters. The molecule has 1 aliphatic rings. The Kier molecular flexibility index (Phi) is 3.23. The van der Waals surface area contributed by atoms with E-state index in [9.17, 15) is 4.79 Å². The number of thiophene rings is 1. The summed E-state index contributed by atoms with van der Waals surface area (Å²) in [5, 5.41) is 6.16. The second-order valence-electron chi connectivity index (χ2n) is 5.05. The van der Waals surface area contributed by atoms with E-state index in [2.05, 4.69) is 20.0 Å². The van der Waals surface area contributed by atoms with Gasteiger partial charge in [-0.15, -0.1) is 11.3 Å². The van der Waals surface area contributed by atoms with Gasteiger partial charge in [-0.25, -0.2) is 4.98 Å². The number of carbonyl (C=O) groups is 1. The lowest BCUT2D eigenvalue weighted by molar-refractivity contribution is 0.0751. The Labute approximate surface area is 130 Å². The Bertz CT molecular complexity index is 791. The van der Waals surface area contributed by atoms with Gasteiger partial charge < -0.3 is 9.80 Å². The fraction of sp³-hybridized carbons (Fsp3) is 0.286. The van der Waals surface area contributed by atoms with Crippen LogP contribution in [0.3, 0.4) is 0 Å². The van der Waals surface area contributed by atoms with Gasteiger partial charge in [-0.2, -0.15) is 9.61 Å². The van der Waals surface area contributed by atoms with Crippen molar-refractivity contribution < 1.29 is 4.79 Å². The highest BCUT2D eigenvalue weighted by Crippen LogP contribution is 2.18. The second-order valence-corrected chi connectivity index (χ2v) is 6.00. The number of amides is 1. The van der Waals surface area contributed by atoms with Crippen LogP contribution in [0.2, 0.25) is 0 Å². The Morgan fingerprint density at radius 2 is 2.05 bits per heavy atom. The number of aromatic nitrogens is 4. The SMILES string of the molecule is O=C(c1cccs1)N1CCN(c2cncc3ncnn23)CC1. The van der Waals surface area contributed by atoms with Crippen molar-refractivity contribution in [2.24, 2.45) is 0 Å². The van der Waals surface area contributed by atoms with Gasteiger partial charge in [0.25, 0.3) is 5.91 Å². The van der Waals surface area contributed by atoms with Crippen molar-refractivity contribution in [3.8, 4) is 0 Å². The molecule has 1 amide bonds. The molecule has 8 heteroatoms. The maximum Gasteiger partial charge on any atom is 0.264 e. The summed E-state index contributed by atoms with van der Waals surface area (Å²) in [7, 11) is 0. The highest BCUT2D eigenvalue weighted by molar-refractivity contribution is 7.12. The van der Waals surface area contributed by atoms with Crippen molar-refractivity contribution in [3.05, 3.63) is 41.1 Å². The summed E-state index contributed by atoms with van der Waals surface area (Å²) in [5.74, 6) is 1.03. The van der Waals surface area contributed by atoms with Gasteiger partial charge in [-0.3, -0.25) is 9.78 Å². The van der Waals surface area contributed by atoms with Gasteiger partial charge in [0.1, 0.15) is 6.33 Å². The van der Waals surface area contributed by atoms with Crippen LogP contribution >= 0.6 is 11.3 Å². The van der Waals surface area contributed by atoms with E-state index < -0.39 is 0 Å². The van der Waals surface area contributed by atoms with Crippen LogP contribution in [0.1, 0.15) is 9.67 Å². The van der Waals surface area contributed by atoms with Crippen LogP contribution < -0.4 is 4.90 Å². The zero-order chi connectivity index (χ0) is 14.9.